The van der Waals surface area contributed by atoms with Crippen LogP contribution < -0.4 is 14.9 Å². The van der Waals surface area contributed by atoms with Crippen molar-refractivity contribution in [3.63, 3.8) is 0 Å². The van der Waals surface area contributed by atoms with Crippen molar-refractivity contribution in [1.82, 2.24) is 5.43 Å². The number of amides is 1. The number of ether oxygens (including phenoxy) is 2. The Kier molecular flexibility index (Phi) is 7.15. The van der Waals surface area contributed by atoms with Crippen molar-refractivity contribution in [2.24, 2.45) is 5.10 Å². The number of nitrogens with one attached hydrogen (secondary N) is 1. The van der Waals surface area contributed by atoms with Gasteiger partial charge in [-0.15, -0.1) is 0 Å². The van der Waals surface area contributed by atoms with Gasteiger partial charge in [-0.1, -0.05) is 17.7 Å². The average molecular weight is 485 g/mol. The predicted molar refractivity (Wildman–Crippen MR) is 118 cm³/mol. The molecule has 0 saturated heterocycles. The third-order valence-corrected chi connectivity index (χ3v) is 4.81. The second-order valence-corrected chi connectivity index (χ2v) is 7.35. The van der Waals surface area contributed by atoms with Crippen LogP contribution in [0.3, 0.4) is 0 Å². The Labute approximate surface area is 186 Å². The minimum atomic E-state index is -0.521. The standard InChI is InChI=1S/C23H18BrFN2O4/c1-14-3-5-17(6-4-14)23(29)31-21-19(24)11-15(12-20(21)30-2)13-26-27-22(28)16-7-9-18(25)10-8-16/h3-13H,1-2H3,(H,27,28)/b26-13-. The molecule has 8 heteroatoms. The zero-order chi connectivity index (χ0) is 22.4. The molecule has 0 aliphatic heterocycles. The summed E-state index contributed by atoms with van der Waals surface area (Å²) >= 11 is 3.37. The highest BCUT2D eigenvalue weighted by Crippen LogP contribution is 2.36. The monoisotopic (exact) mass is 484 g/mol. The fraction of sp³-hybridized carbons (Fsp3) is 0.0870. The van der Waals surface area contributed by atoms with Gasteiger partial charge in [-0.3, -0.25) is 4.79 Å². The van der Waals surface area contributed by atoms with E-state index in [0.717, 1.165) is 5.56 Å². The molecule has 0 fully saturated rings. The molecule has 0 bridgehead atoms. The lowest BCUT2D eigenvalue weighted by atomic mass is 10.1. The summed E-state index contributed by atoms with van der Waals surface area (Å²) in [4.78, 5) is 24.5. The Morgan fingerprint density at radius 1 is 1.03 bits per heavy atom. The molecule has 1 amide bonds. The van der Waals surface area contributed by atoms with Gasteiger partial charge < -0.3 is 9.47 Å². The molecule has 3 aromatic rings. The van der Waals surface area contributed by atoms with E-state index in [1.54, 1.807) is 24.3 Å². The topological polar surface area (TPSA) is 77.0 Å². The second-order valence-electron chi connectivity index (χ2n) is 6.50. The van der Waals surface area contributed by atoms with Crippen LogP contribution in [0.1, 0.15) is 31.8 Å². The summed E-state index contributed by atoms with van der Waals surface area (Å²) in [6, 6.07) is 15.4. The van der Waals surface area contributed by atoms with E-state index >= 15 is 0 Å². The first kappa shape index (κ1) is 22.2. The van der Waals surface area contributed by atoms with Crippen LogP contribution in [0.2, 0.25) is 0 Å². The van der Waals surface area contributed by atoms with Gasteiger partial charge in [0.15, 0.2) is 11.5 Å². The van der Waals surface area contributed by atoms with Crippen molar-refractivity contribution in [3.05, 3.63) is 93.2 Å². The van der Waals surface area contributed by atoms with Gasteiger partial charge in [-0.05, 0) is 76.9 Å². The summed E-state index contributed by atoms with van der Waals surface area (Å²) in [5, 5.41) is 3.90. The van der Waals surface area contributed by atoms with E-state index in [9.17, 15) is 14.0 Å². The number of methoxy groups -OCH3 is 1. The number of benzene rings is 3. The molecule has 0 unspecified atom stereocenters. The number of rotatable bonds is 6. The predicted octanol–water partition coefficient (Wildman–Crippen LogP) is 4.89. The van der Waals surface area contributed by atoms with E-state index in [4.69, 9.17) is 9.47 Å². The van der Waals surface area contributed by atoms with Crippen LogP contribution in [0.4, 0.5) is 4.39 Å². The van der Waals surface area contributed by atoms with Crippen LogP contribution in [0, 0.1) is 12.7 Å². The highest BCUT2D eigenvalue weighted by molar-refractivity contribution is 9.10. The molecule has 0 radical (unpaired) electrons. The van der Waals surface area contributed by atoms with Crippen LogP contribution in [-0.2, 0) is 0 Å². The molecule has 0 spiro atoms. The summed E-state index contributed by atoms with van der Waals surface area (Å²) in [7, 11) is 1.45. The van der Waals surface area contributed by atoms with E-state index in [2.05, 4.69) is 26.5 Å². The highest BCUT2D eigenvalue weighted by atomic mass is 79.9. The third kappa shape index (κ3) is 5.76. The van der Waals surface area contributed by atoms with Gasteiger partial charge in [0.25, 0.3) is 5.91 Å². The molecule has 0 aliphatic rings. The van der Waals surface area contributed by atoms with E-state index < -0.39 is 17.7 Å². The molecule has 158 valence electrons. The number of hydrogen-bond acceptors (Lipinski definition) is 5. The SMILES string of the molecule is COc1cc(/C=N\NC(=O)c2ccc(F)cc2)cc(Br)c1OC(=O)c1ccc(C)cc1. The van der Waals surface area contributed by atoms with Crippen molar-refractivity contribution in [2.45, 2.75) is 6.92 Å². The maximum Gasteiger partial charge on any atom is 0.343 e. The molecular weight excluding hydrogens is 467 g/mol. The van der Waals surface area contributed by atoms with Gasteiger partial charge >= 0.3 is 5.97 Å². The number of esters is 1. The Balaban J connectivity index is 1.73. The summed E-state index contributed by atoms with van der Waals surface area (Å²) in [6.45, 7) is 1.93. The van der Waals surface area contributed by atoms with Gasteiger partial charge in [0.05, 0.1) is 23.4 Å². The number of hydrogen-bond donors (Lipinski definition) is 1. The third-order valence-electron chi connectivity index (χ3n) is 4.22. The lowest BCUT2D eigenvalue weighted by molar-refractivity contribution is 0.0728. The first-order chi connectivity index (χ1) is 14.9. The van der Waals surface area contributed by atoms with Gasteiger partial charge in [0.1, 0.15) is 5.82 Å². The zero-order valence-corrected chi connectivity index (χ0v) is 18.3. The summed E-state index contributed by atoms with van der Waals surface area (Å²) in [6.07, 6.45) is 1.40. The van der Waals surface area contributed by atoms with Crippen molar-refractivity contribution in [3.8, 4) is 11.5 Å². The molecule has 0 atom stereocenters. The first-order valence-corrected chi connectivity index (χ1v) is 9.92. The lowest BCUT2D eigenvalue weighted by Gasteiger charge is -2.12. The molecule has 6 nitrogen and oxygen atoms in total. The van der Waals surface area contributed by atoms with E-state index in [1.807, 2.05) is 19.1 Å². The normalized spacial score (nSPS) is 10.7. The Morgan fingerprint density at radius 3 is 2.32 bits per heavy atom. The molecule has 0 aromatic heterocycles. The van der Waals surface area contributed by atoms with Gasteiger partial charge in [-0.25, -0.2) is 14.6 Å². The maximum absolute atomic E-state index is 12.9. The molecule has 0 heterocycles. The maximum atomic E-state index is 12.9. The Hall–Kier alpha value is -3.52. The largest absolute Gasteiger partial charge is 0.493 e. The van der Waals surface area contributed by atoms with Crippen LogP contribution >= 0.6 is 15.9 Å². The van der Waals surface area contributed by atoms with Gasteiger partial charge in [0, 0.05) is 5.56 Å². The number of carbonyl (C=O) groups is 2. The van der Waals surface area contributed by atoms with Crippen molar-refractivity contribution >= 4 is 34.0 Å². The van der Waals surface area contributed by atoms with Crippen LogP contribution in [0.25, 0.3) is 0 Å². The zero-order valence-electron chi connectivity index (χ0n) is 16.7. The fourth-order valence-corrected chi connectivity index (χ4v) is 3.13. The minimum Gasteiger partial charge on any atom is -0.493 e. The Morgan fingerprint density at radius 2 is 1.68 bits per heavy atom. The van der Waals surface area contributed by atoms with E-state index in [-0.39, 0.29) is 11.3 Å². The summed E-state index contributed by atoms with van der Waals surface area (Å²) in [5.41, 5.74) is 4.66. The molecule has 3 aromatic carbocycles. The molecule has 31 heavy (non-hydrogen) atoms. The Bertz CT molecular complexity index is 1130. The van der Waals surface area contributed by atoms with Crippen LogP contribution in [-0.4, -0.2) is 25.2 Å². The lowest BCUT2D eigenvalue weighted by Crippen LogP contribution is -2.17. The number of aryl methyl sites for hydroxylation is 1. The quantitative estimate of drug-likeness (QED) is 0.234. The summed E-state index contributed by atoms with van der Waals surface area (Å²) < 4.78 is 24.3. The number of hydrazone groups is 1. The molecule has 3 rings (SSSR count). The number of halogens is 2. The van der Waals surface area contributed by atoms with Crippen molar-refractivity contribution in [1.29, 1.82) is 0 Å². The smallest absolute Gasteiger partial charge is 0.343 e. The van der Waals surface area contributed by atoms with Crippen LogP contribution in [0.15, 0.2) is 70.2 Å². The summed E-state index contributed by atoms with van der Waals surface area (Å²) in [5.74, 6) is -0.903. The highest BCUT2D eigenvalue weighted by Gasteiger charge is 2.16. The molecule has 0 saturated carbocycles. The molecule has 1 N–H and O–H groups in total. The molecular formula is C23H18BrFN2O4. The van der Waals surface area contributed by atoms with E-state index in [1.165, 1.54) is 37.6 Å². The average Bonchev–Trinajstić information content (AvgIpc) is 2.76. The minimum absolute atomic E-state index is 0.223. The van der Waals surface area contributed by atoms with Crippen molar-refractivity contribution < 1.29 is 23.5 Å². The number of carbonyl (C=O) groups excluding carboxylic acids is 2. The second kappa shape index (κ2) is 9.99. The fourth-order valence-electron chi connectivity index (χ4n) is 2.59. The first-order valence-electron chi connectivity index (χ1n) is 9.12. The molecule has 0 aliphatic carbocycles. The number of nitrogens with zero attached hydrogens (tertiary/aromatic N) is 1. The van der Waals surface area contributed by atoms with E-state index in [0.29, 0.717) is 21.3 Å². The van der Waals surface area contributed by atoms with Gasteiger partial charge in [-0.2, -0.15) is 5.10 Å². The van der Waals surface area contributed by atoms with Gasteiger partial charge in [0.2, 0.25) is 0 Å². The van der Waals surface area contributed by atoms with Crippen LogP contribution in [0.5, 0.6) is 11.5 Å². The van der Waals surface area contributed by atoms with Crippen molar-refractivity contribution in [2.75, 3.05) is 7.11 Å².